The lowest BCUT2D eigenvalue weighted by Crippen LogP contribution is -2.55. The van der Waals surface area contributed by atoms with Gasteiger partial charge in [-0.05, 0) is 72.7 Å². The van der Waals surface area contributed by atoms with Crippen molar-refractivity contribution in [1.82, 2.24) is 15.3 Å². The van der Waals surface area contributed by atoms with Crippen molar-refractivity contribution in [3.63, 3.8) is 0 Å². The Balaban J connectivity index is 1.50. The molecule has 2 saturated heterocycles. The summed E-state index contributed by atoms with van der Waals surface area (Å²) in [6.45, 7) is 3.97. The fourth-order valence-electron chi connectivity index (χ4n) is 5.57. The summed E-state index contributed by atoms with van der Waals surface area (Å²) in [6, 6.07) is 5.36. The predicted molar refractivity (Wildman–Crippen MR) is 141 cm³/mol. The van der Waals surface area contributed by atoms with Crippen molar-refractivity contribution < 1.29 is 43.9 Å². The number of sulfone groups is 1. The number of carbonyl (C=O) groups is 1. The molecule has 0 aromatic heterocycles. The zero-order chi connectivity index (χ0) is 31.0. The van der Waals surface area contributed by atoms with Crippen LogP contribution in [0.2, 0.25) is 0 Å². The average Bonchev–Trinajstić information content (AvgIpc) is 2.90. The van der Waals surface area contributed by atoms with Gasteiger partial charge in [-0.1, -0.05) is 13.0 Å². The van der Waals surface area contributed by atoms with Crippen LogP contribution in [-0.2, 0) is 27.0 Å². The highest BCUT2D eigenvalue weighted by atomic mass is 32.2. The number of benzene rings is 2. The minimum Gasteiger partial charge on any atom is -0.355 e. The molecule has 2 aliphatic heterocycles. The second-order valence-corrected chi connectivity index (χ2v) is 13.3. The van der Waals surface area contributed by atoms with E-state index in [1.54, 1.807) is 13.0 Å². The monoisotopic (exact) mass is 623 g/mol. The Labute approximate surface area is 239 Å². The summed E-state index contributed by atoms with van der Waals surface area (Å²) < 4.78 is 118. The molecule has 2 aromatic carbocycles. The molecule has 6 nitrogen and oxygen atoms in total. The van der Waals surface area contributed by atoms with Gasteiger partial charge < -0.3 is 5.32 Å². The highest BCUT2D eigenvalue weighted by Gasteiger charge is 2.39. The van der Waals surface area contributed by atoms with Crippen LogP contribution in [0.3, 0.4) is 0 Å². The Kier molecular flexibility index (Phi) is 9.29. The van der Waals surface area contributed by atoms with Crippen molar-refractivity contribution >= 4 is 15.7 Å². The number of nitrogens with zero attached hydrogens (tertiary/aromatic N) is 2. The van der Waals surface area contributed by atoms with Crippen LogP contribution in [0.1, 0.15) is 59.5 Å². The van der Waals surface area contributed by atoms with Crippen LogP contribution in [-0.4, -0.2) is 62.0 Å². The lowest BCUT2D eigenvalue weighted by atomic mass is 9.85. The summed E-state index contributed by atoms with van der Waals surface area (Å²) in [6.07, 6.45) is -9.25. The maximum absolute atomic E-state index is 13.9. The largest absolute Gasteiger partial charge is 0.416 e. The smallest absolute Gasteiger partial charge is 0.355 e. The summed E-state index contributed by atoms with van der Waals surface area (Å²) in [5.41, 5.74) is -1.59. The van der Waals surface area contributed by atoms with E-state index in [1.807, 2.05) is 10.0 Å². The number of hydrogen-bond donors (Lipinski definition) is 1. The lowest BCUT2D eigenvalue weighted by Gasteiger charge is -2.46. The summed E-state index contributed by atoms with van der Waals surface area (Å²) in [7, 11) is -3.14. The Morgan fingerprint density at radius 3 is 2.12 bits per heavy atom. The maximum atomic E-state index is 13.9. The highest BCUT2D eigenvalue weighted by Crippen LogP contribution is 2.39. The van der Waals surface area contributed by atoms with Gasteiger partial charge in [0.15, 0.2) is 9.84 Å². The van der Waals surface area contributed by atoms with Gasteiger partial charge >= 0.3 is 12.4 Å². The van der Waals surface area contributed by atoms with Gasteiger partial charge in [0, 0.05) is 32.1 Å². The fraction of sp³-hybridized carbons (Fsp3) is 0.536. The van der Waals surface area contributed by atoms with Crippen LogP contribution >= 0.6 is 0 Å². The first-order valence-electron chi connectivity index (χ1n) is 13.5. The zero-order valence-corrected chi connectivity index (χ0v) is 23.8. The molecule has 0 radical (unpaired) electrons. The third-order valence-electron chi connectivity index (χ3n) is 7.98. The first-order chi connectivity index (χ1) is 19.4. The van der Waals surface area contributed by atoms with Gasteiger partial charge in [-0.2, -0.15) is 26.3 Å². The van der Waals surface area contributed by atoms with Crippen LogP contribution in [0.4, 0.5) is 30.7 Å². The maximum Gasteiger partial charge on any atom is 0.416 e. The van der Waals surface area contributed by atoms with Crippen LogP contribution in [0.25, 0.3) is 0 Å². The van der Waals surface area contributed by atoms with E-state index in [2.05, 4.69) is 5.32 Å². The number of hydrogen-bond acceptors (Lipinski definition) is 5. The van der Waals surface area contributed by atoms with Gasteiger partial charge in [-0.3, -0.25) is 4.79 Å². The Morgan fingerprint density at radius 1 is 0.976 bits per heavy atom. The molecule has 0 aliphatic carbocycles. The van der Waals surface area contributed by atoms with E-state index in [9.17, 15) is 43.9 Å². The van der Waals surface area contributed by atoms with Crippen molar-refractivity contribution in [3.8, 4) is 0 Å². The molecule has 232 valence electrons. The summed E-state index contributed by atoms with van der Waals surface area (Å²) in [5.74, 6) is -2.21. The van der Waals surface area contributed by atoms with Gasteiger partial charge in [-0.15, -0.1) is 0 Å². The average molecular weight is 624 g/mol. The first kappa shape index (κ1) is 32.2. The van der Waals surface area contributed by atoms with Gasteiger partial charge in [0.1, 0.15) is 5.82 Å². The Morgan fingerprint density at radius 2 is 1.57 bits per heavy atom. The van der Waals surface area contributed by atoms with E-state index >= 15 is 0 Å². The molecule has 2 fully saturated rings. The molecule has 0 spiro atoms. The molecule has 4 rings (SSSR count). The van der Waals surface area contributed by atoms with E-state index in [4.69, 9.17) is 0 Å². The molecule has 0 bridgehead atoms. The first-order valence-corrected chi connectivity index (χ1v) is 15.3. The molecule has 3 atom stereocenters. The van der Waals surface area contributed by atoms with Crippen LogP contribution in [0.15, 0.2) is 36.4 Å². The van der Waals surface area contributed by atoms with Crippen molar-refractivity contribution in [2.24, 2.45) is 5.92 Å². The SMILES string of the molecule is Cc1cc(F)ccc1C1C[C@@H](C(=O)NC[C@@H](C)c2cc(C(F)(F)F)cc(C(F)(F)F)c2)CCN1N1CCS(=O)(=O)CC1. The van der Waals surface area contributed by atoms with E-state index in [-0.39, 0.29) is 48.8 Å². The quantitative estimate of drug-likeness (QED) is 0.432. The van der Waals surface area contributed by atoms with Crippen LogP contribution < -0.4 is 5.32 Å². The van der Waals surface area contributed by atoms with Gasteiger partial charge in [-0.25, -0.2) is 22.8 Å². The number of rotatable bonds is 6. The van der Waals surface area contributed by atoms with Crippen molar-refractivity contribution in [2.45, 2.75) is 51.0 Å². The third-order valence-corrected chi connectivity index (χ3v) is 9.59. The molecule has 1 unspecified atom stereocenters. The Bertz CT molecular complexity index is 1370. The molecule has 2 aromatic rings. The molecular weight excluding hydrogens is 591 g/mol. The minimum absolute atomic E-state index is 0.00792. The van der Waals surface area contributed by atoms with Crippen LogP contribution in [0, 0.1) is 18.7 Å². The Hall–Kier alpha value is -2.71. The molecule has 1 amide bonds. The summed E-state index contributed by atoms with van der Waals surface area (Å²) in [4.78, 5) is 13.2. The van der Waals surface area contributed by atoms with Crippen molar-refractivity contribution in [2.75, 3.05) is 37.7 Å². The van der Waals surface area contributed by atoms with Gasteiger partial charge in [0.25, 0.3) is 0 Å². The second kappa shape index (κ2) is 12.1. The number of piperidine rings is 1. The minimum atomic E-state index is -4.97. The molecular formula is C28H32F7N3O3S. The van der Waals surface area contributed by atoms with E-state index < -0.39 is 56.9 Å². The van der Waals surface area contributed by atoms with Gasteiger partial charge in [0.2, 0.25) is 5.91 Å². The number of carbonyl (C=O) groups excluding carboxylic acids is 1. The number of amides is 1. The number of aryl methyl sites for hydroxylation is 1. The summed E-state index contributed by atoms with van der Waals surface area (Å²) in [5, 5.41) is 6.65. The molecule has 2 aliphatic rings. The fourth-order valence-corrected chi connectivity index (χ4v) is 6.75. The summed E-state index contributed by atoms with van der Waals surface area (Å²) >= 11 is 0. The molecule has 14 heteroatoms. The zero-order valence-electron chi connectivity index (χ0n) is 23.0. The third kappa shape index (κ3) is 7.62. The normalized spacial score (nSPS) is 23.0. The second-order valence-electron chi connectivity index (χ2n) is 11.0. The molecule has 42 heavy (non-hydrogen) atoms. The van der Waals surface area contributed by atoms with E-state index in [1.165, 1.54) is 19.1 Å². The van der Waals surface area contributed by atoms with Crippen molar-refractivity contribution in [1.29, 1.82) is 0 Å². The van der Waals surface area contributed by atoms with Crippen LogP contribution in [0.5, 0.6) is 0 Å². The van der Waals surface area contributed by atoms with E-state index in [0.717, 1.165) is 5.56 Å². The number of halogens is 7. The highest BCUT2D eigenvalue weighted by molar-refractivity contribution is 7.91. The molecule has 2 heterocycles. The number of alkyl halides is 6. The van der Waals surface area contributed by atoms with Gasteiger partial charge in [0.05, 0.1) is 28.7 Å². The lowest BCUT2D eigenvalue weighted by molar-refractivity contribution is -0.143. The molecule has 0 saturated carbocycles. The topological polar surface area (TPSA) is 69.7 Å². The number of nitrogens with one attached hydrogen (secondary N) is 1. The van der Waals surface area contributed by atoms with Crippen molar-refractivity contribution in [3.05, 3.63) is 70.0 Å². The molecule has 1 N–H and O–H groups in total. The predicted octanol–water partition coefficient (Wildman–Crippen LogP) is 5.49. The van der Waals surface area contributed by atoms with E-state index in [0.29, 0.717) is 37.1 Å². The standard InChI is InChI=1S/C28H32F7N3O3S/c1-17-11-23(29)3-4-24(17)25-14-19(5-6-38(25)37-7-9-42(40,41)10-8-37)26(39)36-16-18(2)20-12-21(27(30,31)32)15-22(13-20)28(33,34)35/h3-4,11-13,15,18-19,25H,5-10,14,16H2,1-2H3,(H,36,39)/t18-,19+,25?/m1/s1. The number of hydrazine groups is 1.